The van der Waals surface area contributed by atoms with Gasteiger partial charge in [0, 0.05) is 19.0 Å². The number of amides is 1. The van der Waals surface area contributed by atoms with Crippen LogP contribution in [0.3, 0.4) is 0 Å². The summed E-state index contributed by atoms with van der Waals surface area (Å²) in [4.78, 5) is 25.1. The summed E-state index contributed by atoms with van der Waals surface area (Å²) >= 11 is 0. The first-order valence-electron chi connectivity index (χ1n) is 9.74. The van der Waals surface area contributed by atoms with Crippen molar-refractivity contribution in [3.63, 3.8) is 0 Å². The molecule has 1 aromatic rings. The summed E-state index contributed by atoms with van der Waals surface area (Å²) in [7, 11) is 0. The number of allylic oxidation sites excluding steroid dienone is 1. The number of rotatable bonds is 6. The maximum atomic E-state index is 12.6. The fourth-order valence-electron chi connectivity index (χ4n) is 3.79. The van der Waals surface area contributed by atoms with Crippen molar-refractivity contribution in [1.29, 1.82) is 0 Å². The van der Waals surface area contributed by atoms with Gasteiger partial charge in [0.25, 0.3) is 0 Å². The number of nitrogens with one attached hydrogen (secondary N) is 1. The number of piperidine rings is 2. The summed E-state index contributed by atoms with van der Waals surface area (Å²) in [6.45, 7) is 3.26. The number of carbonyl (C=O) groups excluding carboxylic acids is 1. The van der Waals surface area contributed by atoms with E-state index in [1.807, 2.05) is 17.0 Å². The number of carboxylic acid groups (broad SMARTS) is 1. The van der Waals surface area contributed by atoms with Crippen LogP contribution in [-0.4, -0.2) is 54.7 Å². The summed E-state index contributed by atoms with van der Waals surface area (Å²) in [5.41, 5.74) is 1.16. The fourth-order valence-corrected chi connectivity index (χ4v) is 3.79. The number of hydrogen-bond acceptors (Lipinski definition) is 4. The molecular formula is C21H28N2O4. The van der Waals surface area contributed by atoms with E-state index in [9.17, 15) is 9.59 Å². The molecule has 0 bridgehead atoms. The number of benzene rings is 1. The topological polar surface area (TPSA) is 78.9 Å². The Kier molecular flexibility index (Phi) is 6.87. The van der Waals surface area contributed by atoms with Crippen LogP contribution in [0.1, 0.15) is 37.2 Å². The fraction of sp³-hybridized carbons (Fsp3) is 0.524. The summed E-state index contributed by atoms with van der Waals surface area (Å²) in [5, 5.41) is 12.0. The first-order chi connectivity index (χ1) is 13.1. The van der Waals surface area contributed by atoms with E-state index in [-0.39, 0.29) is 12.5 Å². The van der Waals surface area contributed by atoms with Gasteiger partial charge in [0.15, 0.2) is 6.61 Å². The second-order valence-corrected chi connectivity index (χ2v) is 7.32. The molecule has 2 aliphatic rings. The first kappa shape index (κ1) is 19.4. The number of carbonyl (C=O) groups is 2. The molecule has 1 atom stereocenters. The zero-order valence-corrected chi connectivity index (χ0v) is 15.6. The van der Waals surface area contributed by atoms with Crippen LogP contribution >= 0.6 is 0 Å². The predicted octanol–water partition coefficient (Wildman–Crippen LogP) is 2.41. The van der Waals surface area contributed by atoms with Gasteiger partial charge in [-0.25, -0.2) is 4.79 Å². The average Bonchev–Trinajstić information content (AvgIpc) is 2.71. The third-order valence-electron chi connectivity index (χ3n) is 5.34. The lowest BCUT2D eigenvalue weighted by Gasteiger charge is -2.32. The Balaban J connectivity index is 1.54. The molecule has 6 nitrogen and oxygen atoms in total. The van der Waals surface area contributed by atoms with Crippen LogP contribution in [0, 0.1) is 5.92 Å². The maximum Gasteiger partial charge on any atom is 0.341 e. The van der Waals surface area contributed by atoms with E-state index in [1.165, 1.54) is 0 Å². The van der Waals surface area contributed by atoms with E-state index in [0.717, 1.165) is 57.4 Å². The number of aliphatic carboxylic acids is 1. The number of ether oxygens (including phenoxy) is 1. The van der Waals surface area contributed by atoms with Gasteiger partial charge in [-0.3, -0.25) is 4.79 Å². The van der Waals surface area contributed by atoms with Crippen LogP contribution < -0.4 is 10.1 Å². The Morgan fingerprint density at radius 1 is 1.19 bits per heavy atom. The molecule has 0 aliphatic carbocycles. The minimum atomic E-state index is -0.988. The highest BCUT2D eigenvalue weighted by molar-refractivity contribution is 5.87. The number of carboxylic acids is 1. The second-order valence-electron chi connectivity index (χ2n) is 7.32. The lowest BCUT2D eigenvalue weighted by Crippen LogP contribution is -2.38. The molecule has 146 valence electrons. The van der Waals surface area contributed by atoms with Crippen molar-refractivity contribution in [2.45, 2.75) is 31.6 Å². The number of nitrogens with zero attached hydrogens (tertiary/aromatic N) is 1. The Hall–Kier alpha value is -2.34. The molecule has 0 radical (unpaired) electrons. The van der Waals surface area contributed by atoms with Gasteiger partial charge in [0.2, 0.25) is 5.91 Å². The molecule has 2 fully saturated rings. The molecule has 2 heterocycles. The van der Waals surface area contributed by atoms with E-state index in [0.29, 0.717) is 17.6 Å². The Bertz CT molecular complexity index is 665. The summed E-state index contributed by atoms with van der Waals surface area (Å²) in [6, 6.07) is 7.55. The van der Waals surface area contributed by atoms with Crippen molar-refractivity contribution >= 4 is 11.9 Å². The van der Waals surface area contributed by atoms with E-state index >= 15 is 0 Å². The Morgan fingerprint density at radius 3 is 2.63 bits per heavy atom. The van der Waals surface area contributed by atoms with Crippen LogP contribution in [0.25, 0.3) is 0 Å². The molecular weight excluding hydrogens is 344 g/mol. The van der Waals surface area contributed by atoms with Gasteiger partial charge >= 0.3 is 5.97 Å². The van der Waals surface area contributed by atoms with Gasteiger partial charge in [-0.15, -0.1) is 0 Å². The monoisotopic (exact) mass is 372 g/mol. The van der Waals surface area contributed by atoms with Crippen molar-refractivity contribution in [2.24, 2.45) is 5.92 Å². The van der Waals surface area contributed by atoms with Crippen LogP contribution in [0.15, 0.2) is 36.4 Å². The molecule has 2 aliphatic heterocycles. The average molecular weight is 372 g/mol. The number of hydrogen-bond donors (Lipinski definition) is 2. The zero-order chi connectivity index (χ0) is 19.1. The summed E-state index contributed by atoms with van der Waals surface area (Å²) in [5.74, 6) is 0.491. The standard InChI is InChI=1S/C21H28N2O4/c24-20(8-3-16-9-11-22-12-10-16)23-13-1-2-18(14-23)17-4-6-19(7-5-17)27-15-21(25)26/h3-8,16,18,22H,1-2,9-15H2,(H,25,26)/b8-3+. The molecule has 0 saturated carbocycles. The smallest absolute Gasteiger partial charge is 0.341 e. The normalized spacial score (nSPS) is 21.3. The van der Waals surface area contributed by atoms with Gasteiger partial charge in [-0.05, 0) is 68.5 Å². The molecule has 1 amide bonds. The van der Waals surface area contributed by atoms with E-state index in [2.05, 4.69) is 11.4 Å². The van der Waals surface area contributed by atoms with Gasteiger partial charge < -0.3 is 20.1 Å². The SMILES string of the molecule is O=C(O)COc1ccc(C2CCCN(C(=O)/C=C/C3CCNCC3)C2)cc1. The van der Waals surface area contributed by atoms with Crippen LogP contribution in [0.5, 0.6) is 5.75 Å². The Morgan fingerprint density at radius 2 is 1.93 bits per heavy atom. The van der Waals surface area contributed by atoms with Crippen molar-refractivity contribution in [3.8, 4) is 5.75 Å². The molecule has 3 rings (SSSR count). The van der Waals surface area contributed by atoms with Gasteiger partial charge in [0.05, 0.1) is 0 Å². The summed E-state index contributed by atoms with van der Waals surface area (Å²) in [6.07, 6.45) is 8.10. The van der Waals surface area contributed by atoms with Gasteiger partial charge in [-0.2, -0.15) is 0 Å². The van der Waals surface area contributed by atoms with Crippen molar-refractivity contribution in [2.75, 3.05) is 32.8 Å². The van der Waals surface area contributed by atoms with Crippen LogP contribution in [0.4, 0.5) is 0 Å². The van der Waals surface area contributed by atoms with Gasteiger partial charge in [0.1, 0.15) is 5.75 Å². The molecule has 0 spiro atoms. The predicted molar refractivity (Wildman–Crippen MR) is 103 cm³/mol. The highest BCUT2D eigenvalue weighted by Gasteiger charge is 2.24. The summed E-state index contributed by atoms with van der Waals surface area (Å²) < 4.78 is 5.18. The van der Waals surface area contributed by atoms with Crippen molar-refractivity contribution in [3.05, 3.63) is 42.0 Å². The minimum Gasteiger partial charge on any atom is -0.482 e. The molecule has 1 aromatic carbocycles. The zero-order valence-electron chi connectivity index (χ0n) is 15.6. The Labute approximate surface area is 160 Å². The van der Waals surface area contributed by atoms with Gasteiger partial charge in [-0.1, -0.05) is 18.2 Å². The van der Waals surface area contributed by atoms with E-state index in [1.54, 1.807) is 18.2 Å². The molecule has 2 N–H and O–H groups in total. The number of likely N-dealkylation sites (tertiary alicyclic amines) is 1. The van der Waals surface area contributed by atoms with E-state index in [4.69, 9.17) is 9.84 Å². The third kappa shape index (κ3) is 5.82. The molecule has 27 heavy (non-hydrogen) atoms. The molecule has 1 unspecified atom stereocenters. The quantitative estimate of drug-likeness (QED) is 0.750. The third-order valence-corrected chi connectivity index (χ3v) is 5.34. The maximum absolute atomic E-state index is 12.6. The van der Waals surface area contributed by atoms with Crippen molar-refractivity contribution < 1.29 is 19.4 Å². The van der Waals surface area contributed by atoms with E-state index < -0.39 is 5.97 Å². The molecule has 0 aromatic heterocycles. The highest BCUT2D eigenvalue weighted by Crippen LogP contribution is 2.28. The van der Waals surface area contributed by atoms with Crippen LogP contribution in [0.2, 0.25) is 0 Å². The lowest BCUT2D eigenvalue weighted by atomic mass is 9.90. The first-order valence-corrected chi connectivity index (χ1v) is 9.74. The molecule has 6 heteroatoms. The van der Waals surface area contributed by atoms with Crippen LogP contribution in [-0.2, 0) is 9.59 Å². The second kappa shape index (κ2) is 9.55. The minimum absolute atomic E-state index is 0.111. The molecule has 2 saturated heterocycles. The highest BCUT2D eigenvalue weighted by atomic mass is 16.5. The van der Waals surface area contributed by atoms with Crippen molar-refractivity contribution in [1.82, 2.24) is 10.2 Å². The lowest BCUT2D eigenvalue weighted by molar-refractivity contribution is -0.139. The largest absolute Gasteiger partial charge is 0.482 e.